The number of amides is 1. The molecule has 0 spiro atoms. The summed E-state index contributed by atoms with van der Waals surface area (Å²) in [6.07, 6.45) is 3.52. The lowest BCUT2D eigenvalue weighted by atomic mass is 10.0. The van der Waals surface area contributed by atoms with E-state index in [1.807, 2.05) is 12.1 Å². The molecule has 7 nitrogen and oxygen atoms in total. The molecule has 0 saturated heterocycles. The summed E-state index contributed by atoms with van der Waals surface area (Å²) < 4.78 is 33.5. The number of nitrogens with one attached hydrogen (secondary N) is 2. The predicted molar refractivity (Wildman–Crippen MR) is 123 cm³/mol. The molecular weight excluding hydrogens is 426 g/mol. The molecule has 166 valence electrons. The van der Waals surface area contributed by atoms with Gasteiger partial charge in [-0.15, -0.1) is 0 Å². The van der Waals surface area contributed by atoms with Gasteiger partial charge in [-0.25, -0.2) is 13.4 Å². The normalized spacial score (nSPS) is 13.6. The van der Waals surface area contributed by atoms with Gasteiger partial charge in [0.15, 0.2) is 0 Å². The fourth-order valence-electron chi connectivity index (χ4n) is 3.03. The number of rotatable bonds is 8. The standard InChI is InChI=1S/C24H25N3O4S/c1-16(2)17-3-12-22(13-4-17)32(29,30)27-20-8-10-21(11-9-20)31-23-14-5-18(15-25-23)24(28)26-19-6-7-19/h3-5,8-16,19,27H,6-7H2,1-2H3,(H,26,28). The van der Waals surface area contributed by atoms with Crippen LogP contribution in [0.2, 0.25) is 0 Å². The first-order chi connectivity index (χ1) is 15.3. The molecule has 0 bridgehead atoms. The van der Waals surface area contributed by atoms with E-state index >= 15 is 0 Å². The molecule has 1 aliphatic carbocycles. The Bertz CT molecular complexity index is 1190. The molecule has 0 aliphatic heterocycles. The molecule has 0 unspecified atom stereocenters. The quantitative estimate of drug-likeness (QED) is 0.518. The summed E-state index contributed by atoms with van der Waals surface area (Å²) >= 11 is 0. The van der Waals surface area contributed by atoms with Crippen molar-refractivity contribution in [1.29, 1.82) is 0 Å². The lowest BCUT2D eigenvalue weighted by Gasteiger charge is -2.11. The first-order valence-corrected chi connectivity index (χ1v) is 12.0. The van der Waals surface area contributed by atoms with Gasteiger partial charge in [0, 0.05) is 24.0 Å². The summed E-state index contributed by atoms with van der Waals surface area (Å²) in [5.41, 5.74) is 1.98. The number of hydrogen-bond acceptors (Lipinski definition) is 5. The van der Waals surface area contributed by atoms with Crippen LogP contribution in [-0.4, -0.2) is 25.4 Å². The van der Waals surface area contributed by atoms with Crippen LogP contribution in [0.25, 0.3) is 0 Å². The fourth-order valence-corrected chi connectivity index (χ4v) is 4.09. The van der Waals surface area contributed by atoms with Crippen LogP contribution in [0.1, 0.15) is 48.5 Å². The highest BCUT2D eigenvalue weighted by Crippen LogP contribution is 2.24. The van der Waals surface area contributed by atoms with Crippen LogP contribution in [0.15, 0.2) is 71.8 Å². The molecule has 8 heteroatoms. The molecule has 2 N–H and O–H groups in total. The second-order valence-electron chi connectivity index (χ2n) is 8.09. The molecule has 32 heavy (non-hydrogen) atoms. The Balaban J connectivity index is 1.37. The highest BCUT2D eigenvalue weighted by Gasteiger charge is 2.23. The lowest BCUT2D eigenvalue weighted by molar-refractivity contribution is 0.0950. The zero-order valence-electron chi connectivity index (χ0n) is 17.9. The molecule has 4 rings (SSSR count). The minimum absolute atomic E-state index is 0.137. The van der Waals surface area contributed by atoms with Crippen molar-refractivity contribution < 1.29 is 17.9 Å². The largest absolute Gasteiger partial charge is 0.439 e. The smallest absolute Gasteiger partial charge is 0.261 e. The number of carbonyl (C=O) groups is 1. The van der Waals surface area contributed by atoms with Crippen LogP contribution in [0, 0.1) is 0 Å². The third-order valence-electron chi connectivity index (χ3n) is 5.10. The van der Waals surface area contributed by atoms with E-state index in [0.29, 0.717) is 28.8 Å². The predicted octanol–water partition coefficient (Wildman–Crippen LogP) is 4.69. The highest BCUT2D eigenvalue weighted by molar-refractivity contribution is 7.92. The monoisotopic (exact) mass is 451 g/mol. The Labute approximate surface area is 187 Å². The van der Waals surface area contributed by atoms with Gasteiger partial charge in [-0.3, -0.25) is 9.52 Å². The van der Waals surface area contributed by atoms with Crippen molar-refractivity contribution >= 4 is 21.6 Å². The Morgan fingerprint density at radius 1 is 1.00 bits per heavy atom. The molecule has 2 aromatic carbocycles. The van der Waals surface area contributed by atoms with E-state index in [0.717, 1.165) is 18.4 Å². The van der Waals surface area contributed by atoms with Gasteiger partial charge in [0.1, 0.15) is 5.75 Å². The first kappa shape index (κ1) is 21.8. The molecule has 0 atom stereocenters. The second-order valence-corrected chi connectivity index (χ2v) is 9.77. The average Bonchev–Trinajstić information content (AvgIpc) is 3.59. The second kappa shape index (κ2) is 9.00. The lowest BCUT2D eigenvalue weighted by Crippen LogP contribution is -2.25. The van der Waals surface area contributed by atoms with Gasteiger partial charge in [0.2, 0.25) is 5.88 Å². The number of pyridine rings is 1. The SMILES string of the molecule is CC(C)c1ccc(S(=O)(=O)Nc2ccc(Oc3ccc(C(=O)NC4CC4)cn3)cc2)cc1. The fraction of sp³-hybridized carbons (Fsp3) is 0.250. The molecule has 1 heterocycles. The Morgan fingerprint density at radius 2 is 1.69 bits per heavy atom. The van der Waals surface area contributed by atoms with E-state index in [2.05, 4.69) is 28.9 Å². The highest BCUT2D eigenvalue weighted by atomic mass is 32.2. The topological polar surface area (TPSA) is 97.4 Å². The van der Waals surface area contributed by atoms with Gasteiger partial charge < -0.3 is 10.1 Å². The van der Waals surface area contributed by atoms with Crippen molar-refractivity contribution in [1.82, 2.24) is 10.3 Å². The van der Waals surface area contributed by atoms with Crippen molar-refractivity contribution in [3.8, 4) is 11.6 Å². The van der Waals surface area contributed by atoms with E-state index in [1.165, 1.54) is 6.20 Å². The van der Waals surface area contributed by atoms with Gasteiger partial charge >= 0.3 is 0 Å². The van der Waals surface area contributed by atoms with Crippen LogP contribution < -0.4 is 14.8 Å². The number of anilines is 1. The summed E-state index contributed by atoms with van der Waals surface area (Å²) in [5, 5.41) is 2.91. The minimum Gasteiger partial charge on any atom is -0.439 e. The molecule has 3 aromatic rings. The summed E-state index contributed by atoms with van der Waals surface area (Å²) in [6.45, 7) is 4.11. The maximum atomic E-state index is 12.6. The molecule has 1 saturated carbocycles. The zero-order chi connectivity index (χ0) is 22.7. The summed E-state index contributed by atoms with van der Waals surface area (Å²) in [5.74, 6) is 1.03. The number of benzene rings is 2. The maximum absolute atomic E-state index is 12.6. The molecule has 0 radical (unpaired) electrons. The molecule has 1 aromatic heterocycles. The maximum Gasteiger partial charge on any atom is 0.261 e. The van der Waals surface area contributed by atoms with Crippen molar-refractivity contribution in [3.63, 3.8) is 0 Å². The minimum atomic E-state index is -3.69. The Hall–Kier alpha value is -3.39. The van der Waals surface area contributed by atoms with Crippen LogP contribution in [0.5, 0.6) is 11.6 Å². The number of ether oxygens (including phenoxy) is 1. The number of carbonyl (C=O) groups excluding carboxylic acids is 1. The molecule has 1 amide bonds. The van der Waals surface area contributed by atoms with Gasteiger partial charge in [0.25, 0.3) is 15.9 Å². The van der Waals surface area contributed by atoms with Crippen molar-refractivity contribution in [3.05, 3.63) is 78.0 Å². The van der Waals surface area contributed by atoms with Crippen molar-refractivity contribution in [2.24, 2.45) is 0 Å². The van der Waals surface area contributed by atoms with Gasteiger partial charge in [-0.2, -0.15) is 0 Å². The van der Waals surface area contributed by atoms with E-state index in [9.17, 15) is 13.2 Å². The van der Waals surface area contributed by atoms with Crippen LogP contribution in [0.3, 0.4) is 0 Å². The molecular formula is C24H25N3O4S. The molecule has 1 fully saturated rings. The number of sulfonamides is 1. The average molecular weight is 452 g/mol. The Kier molecular flexibility index (Phi) is 6.14. The van der Waals surface area contributed by atoms with Crippen molar-refractivity contribution in [2.75, 3.05) is 4.72 Å². The summed E-state index contributed by atoms with van der Waals surface area (Å²) in [7, 11) is -3.69. The van der Waals surface area contributed by atoms with Crippen LogP contribution >= 0.6 is 0 Å². The van der Waals surface area contributed by atoms with Crippen LogP contribution in [-0.2, 0) is 10.0 Å². The summed E-state index contributed by atoms with van der Waals surface area (Å²) in [6, 6.07) is 17.0. The number of aromatic nitrogens is 1. The van der Waals surface area contributed by atoms with E-state index < -0.39 is 10.0 Å². The van der Waals surface area contributed by atoms with E-state index in [4.69, 9.17) is 4.74 Å². The van der Waals surface area contributed by atoms with Gasteiger partial charge in [-0.05, 0) is 66.8 Å². The van der Waals surface area contributed by atoms with Gasteiger partial charge in [0.05, 0.1) is 10.5 Å². The first-order valence-electron chi connectivity index (χ1n) is 10.5. The zero-order valence-corrected chi connectivity index (χ0v) is 18.7. The third kappa shape index (κ3) is 5.45. The number of hydrogen-bond donors (Lipinski definition) is 2. The van der Waals surface area contributed by atoms with Gasteiger partial charge in [-0.1, -0.05) is 26.0 Å². The summed E-state index contributed by atoms with van der Waals surface area (Å²) in [4.78, 5) is 16.4. The van der Waals surface area contributed by atoms with Crippen LogP contribution in [0.4, 0.5) is 5.69 Å². The molecule has 1 aliphatic rings. The van der Waals surface area contributed by atoms with E-state index in [1.54, 1.807) is 48.5 Å². The third-order valence-corrected chi connectivity index (χ3v) is 6.49. The Morgan fingerprint density at radius 3 is 2.25 bits per heavy atom. The number of nitrogens with zero attached hydrogens (tertiary/aromatic N) is 1. The van der Waals surface area contributed by atoms with E-state index in [-0.39, 0.29) is 16.8 Å². The van der Waals surface area contributed by atoms with Crippen molar-refractivity contribution in [2.45, 2.75) is 43.5 Å².